The fraction of sp³-hybridized carbons (Fsp3) is 0.400. The lowest BCUT2D eigenvalue weighted by Crippen LogP contribution is -2.28. The van der Waals surface area contributed by atoms with E-state index in [0.29, 0.717) is 11.6 Å². The lowest BCUT2D eigenvalue weighted by Gasteiger charge is -2.25. The zero-order valence-electron chi connectivity index (χ0n) is 7.42. The first kappa shape index (κ1) is 8.70. The monoisotopic (exact) mass is 198 g/mol. The second-order valence-corrected chi connectivity index (χ2v) is 3.49. The molecule has 0 radical (unpaired) electrons. The molecule has 1 aromatic carbocycles. The second-order valence-electron chi connectivity index (χ2n) is 3.05. The van der Waals surface area contributed by atoms with Crippen LogP contribution >= 0.6 is 11.6 Å². The van der Waals surface area contributed by atoms with Crippen LogP contribution in [0.15, 0.2) is 18.2 Å². The maximum atomic E-state index is 5.83. The molecule has 0 saturated heterocycles. The first-order chi connectivity index (χ1) is 6.29. The van der Waals surface area contributed by atoms with Gasteiger partial charge >= 0.3 is 0 Å². The number of fused-ring (bicyclic) bond motifs is 1. The number of benzene rings is 1. The van der Waals surface area contributed by atoms with E-state index in [9.17, 15) is 0 Å². The molecule has 0 spiro atoms. The maximum absolute atomic E-state index is 5.83. The Labute approximate surface area is 82.4 Å². The molecule has 3 heteroatoms. The summed E-state index contributed by atoms with van der Waals surface area (Å²) in [6, 6.07) is 5.43. The molecule has 2 rings (SSSR count). The van der Waals surface area contributed by atoms with Crippen molar-refractivity contribution in [3.63, 3.8) is 0 Å². The molecule has 0 bridgehead atoms. The highest BCUT2D eigenvalue weighted by Crippen LogP contribution is 2.34. The molecule has 0 amide bonds. The minimum Gasteiger partial charge on any atom is -0.486 e. The molecule has 0 aromatic heterocycles. The van der Waals surface area contributed by atoms with Crippen LogP contribution in [0.3, 0.4) is 0 Å². The SMILES string of the molecule is CC[C@H]1COc2ccc(Cl)cc2O1. The fourth-order valence-corrected chi connectivity index (χ4v) is 1.45. The predicted octanol–water partition coefficient (Wildman–Crippen LogP) is 2.89. The Morgan fingerprint density at radius 1 is 1.46 bits per heavy atom. The van der Waals surface area contributed by atoms with Gasteiger partial charge in [-0.2, -0.15) is 0 Å². The van der Waals surface area contributed by atoms with Gasteiger partial charge in [-0.3, -0.25) is 0 Å². The van der Waals surface area contributed by atoms with E-state index < -0.39 is 0 Å². The molecule has 1 atom stereocenters. The molecule has 1 heterocycles. The van der Waals surface area contributed by atoms with Crippen LogP contribution < -0.4 is 9.47 Å². The van der Waals surface area contributed by atoms with Crippen LogP contribution in [0, 0.1) is 0 Å². The van der Waals surface area contributed by atoms with Crippen LogP contribution in [0.1, 0.15) is 13.3 Å². The zero-order chi connectivity index (χ0) is 9.26. The Kier molecular flexibility index (Phi) is 2.32. The van der Waals surface area contributed by atoms with Crippen molar-refractivity contribution in [3.05, 3.63) is 23.2 Å². The van der Waals surface area contributed by atoms with E-state index in [1.54, 1.807) is 12.1 Å². The topological polar surface area (TPSA) is 18.5 Å². The number of halogens is 1. The third kappa shape index (κ3) is 1.73. The summed E-state index contributed by atoms with van der Waals surface area (Å²) < 4.78 is 11.2. The molecule has 0 aliphatic carbocycles. The molecular weight excluding hydrogens is 188 g/mol. The standard InChI is InChI=1S/C10H11ClO2/c1-2-8-6-12-9-4-3-7(11)5-10(9)13-8/h3-5,8H,2,6H2,1H3/t8-/m0/s1. The normalized spacial score (nSPS) is 20.0. The van der Waals surface area contributed by atoms with Gasteiger partial charge in [-0.25, -0.2) is 0 Å². The van der Waals surface area contributed by atoms with Crippen molar-refractivity contribution in [3.8, 4) is 11.5 Å². The highest BCUT2D eigenvalue weighted by Gasteiger charge is 2.19. The van der Waals surface area contributed by atoms with Crippen molar-refractivity contribution < 1.29 is 9.47 Å². The number of hydrogen-bond acceptors (Lipinski definition) is 2. The van der Waals surface area contributed by atoms with Gasteiger partial charge in [0.2, 0.25) is 0 Å². The van der Waals surface area contributed by atoms with Crippen LogP contribution in [0.2, 0.25) is 5.02 Å². The van der Waals surface area contributed by atoms with E-state index in [2.05, 4.69) is 6.92 Å². The Morgan fingerprint density at radius 3 is 3.08 bits per heavy atom. The molecular formula is C10H11ClO2. The molecule has 1 aliphatic heterocycles. The Bertz CT molecular complexity index is 312. The largest absolute Gasteiger partial charge is 0.486 e. The average Bonchev–Trinajstić information content (AvgIpc) is 2.16. The minimum atomic E-state index is 0.158. The molecule has 70 valence electrons. The Balaban J connectivity index is 2.27. The quantitative estimate of drug-likeness (QED) is 0.691. The first-order valence-corrected chi connectivity index (χ1v) is 4.76. The summed E-state index contributed by atoms with van der Waals surface area (Å²) in [5, 5.41) is 0.680. The smallest absolute Gasteiger partial charge is 0.163 e. The molecule has 1 aliphatic rings. The van der Waals surface area contributed by atoms with E-state index in [-0.39, 0.29) is 6.10 Å². The van der Waals surface area contributed by atoms with Crippen LogP contribution in [0.4, 0.5) is 0 Å². The summed E-state index contributed by atoms with van der Waals surface area (Å²) in [6.07, 6.45) is 1.11. The molecule has 1 aromatic rings. The van der Waals surface area contributed by atoms with E-state index in [1.165, 1.54) is 0 Å². The van der Waals surface area contributed by atoms with E-state index in [0.717, 1.165) is 17.9 Å². The predicted molar refractivity (Wildman–Crippen MR) is 51.7 cm³/mol. The van der Waals surface area contributed by atoms with Crippen LogP contribution in [-0.4, -0.2) is 12.7 Å². The molecule has 0 saturated carbocycles. The third-order valence-electron chi connectivity index (χ3n) is 2.08. The average molecular weight is 199 g/mol. The van der Waals surface area contributed by atoms with Crippen molar-refractivity contribution in [2.45, 2.75) is 19.4 Å². The summed E-state index contributed by atoms with van der Waals surface area (Å²) in [6.45, 7) is 2.70. The second kappa shape index (κ2) is 3.46. The van der Waals surface area contributed by atoms with Crippen molar-refractivity contribution in [2.24, 2.45) is 0 Å². The summed E-state index contributed by atoms with van der Waals surface area (Å²) in [7, 11) is 0. The van der Waals surface area contributed by atoms with E-state index in [4.69, 9.17) is 21.1 Å². The van der Waals surface area contributed by atoms with Crippen molar-refractivity contribution >= 4 is 11.6 Å². The number of ether oxygens (including phenoxy) is 2. The van der Waals surface area contributed by atoms with Gasteiger partial charge in [0.15, 0.2) is 11.5 Å². The molecule has 0 unspecified atom stereocenters. The Morgan fingerprint density at radius 2 is 2.31 bits per heavy atom. The summed E-state index contributed by atoms with van der Waals surface area (Å²) in [5.41, 5.74) is 0. The van der Waals surface area contributed by atoms with Gasteiger partial charge in [0, 0.05) is 11.1 Å². The lowest BCUT2D eigenvalue weighted by atomic mass is 10.2. The maximum Gasteiger partial charge on any atom is 0.163 e. The summed E-state index contributed by atoms with van der Waals surface area (Å²) in [5.74, 6) is 1.54. The van der Waals surface area contributed by atoms with E-state index >= 15 is 0 Å². The highest BCUT2D eigenvalue weighted by molar-refractivity contribution is 6.30. The van der Waals surface area contributed by atoms with Crippen LogP contribution in [-0.2, 0) is 0 Å². The van der Waals surface area contributed by atoms with Gasteiger partial charge in [0.25, 0.3) is 0 Å². The van der Waals surface area contributed by atoms with Gasteiger partial charge in [-0.15, -0.1) is 0 Å². The molecule has 13 heavy (non-hydrogen) atoms. The zero-order valence-corrected chi connectivity index (χ0v) is 8.17. The number of rotatable bonds is 1. The molecule has 0 N–H and O–H groups in total. The van der Waals surface area contributed by atoms with Gasteiger partial charge in [0.05, 0.1) is 0 Å². The van der Waals surface area contributed by atoms with Crippen LogP contribution in [0.25, 0.3) is 0 Å². The lowest BCUT2D eigenvalue weighted by molar-refractivity contribution is 0.0885. The fourth-order valence-electron chi connectivity index (χ4n) is 1.29. The van der Waals surface area contributed by atoms with Crippen molar-refractivity contribution in [1.29, 1.82) is 0 Å². The first-order valence-electron chi connectivity index (χ1n) is 4.38. The summed E-state index contributed by atoms with van der Waals surface area (Å²) in [4.78, 5) is 0. The highest BCUT2D eigenvalue weighted by atomic mass is 35.5. The van der Waals surface area contributed by atoms with Gasteiger partial charge < -0.3 is 9.47 Å². The molecule has 0 fully saturated rings. The molecule has 2 nitrogen and oxygen atoms in total. The Hall–Kier alpha value is -0.890. The third-order valence-corrected chi connectivity index (χ3v) is 2.31. The van der Waals surface area contributed by atoms with Crippen molar-refractivity contribution in [2.75, 3.05) is 6.61 Å². The van der Waals surface area contributed by atoms with Gasteiger partial charge in [0.1, 0.15) is 12.7 Å². The summed E-state index contributed by atoms with van der Waals surface area (Å²) >= 11 is 5.83. The minimum absolute atomic E-state index is 0.158. The van der Waals surface area contributed by atoms with Crippen LogP contribution in [0.5, 0.6) is 11.5 Å². The van der Waals surface area contributed by atoms with E-state index in [1.807, 2.05) is 6.07 Å². The van der Waals surface area contributed by atoms with Gasteiger partial charge in [-0.05, 0) is 18.6 Å². The van der Waals surface area contributed by atoms with Gasteiger partial charge in [-0.1, -0.05) is 18.5 Å². The van der Waals surface area contributed by atoms with Crippen molar-refractivity contribution in [1.82, 2.24) is 0 Å². The number of hydrogen-bond donors (Lipinski definition) is 0.